The molecule has 5 rings (SSSR count). The summed E-state index contributed by atoms with van der Waals surface area (Å²) < 4.78 is 1.92. The Balaban J connectivity index is 1.44. The number of aryl methyl sites for hydroxylation is 1. The second kappa shape index (κ2) is 9.73. The lowest BCUT2D eigenvalue weighted by Crippen LogP contribution is -2.05. The van der Waals surface area contributed by atoms with Crippen LogP contribution in [-0.2, 0) is 6.54 Å². The topological polar surface area (TPSA) is 63.0 Å². The predicted molar refractivity (Wildman–Crippen MR) is 136 cm³/mol. The molecule has 0 aliphatic carbocycles. The minimum Gasteiger partial charge on any atom is -0.382 e. The Hall–Kier alpha value is -4.22. The van der Waals surface area contributed by atoms with E-state index in [4.69, 9.17) is 5.10 Å². The van der Waals surface area contributed by atoms with E-state index >= 15 is 0 Å². The Morgan fingerprint density at radius 3 is 2.35 bits per heavy atom. The van der Waals surface area contributed by atoms with Gasteiger partial charge < -0.3 is 10.4 Å². The van der Waals surface area contributed by atoms with Crippen LogP contribution in [0.3, 0.4) is 0 Å². The number of nitrogens with zero attached hydrogens (tertiary/aromatic N) is 3. The first kappa shape index (κ1) is 21.6. The number of hydrogen-bond donors (Lipinski definition) is 2. The Labute approximate surface area is 199 Å². The van der Waals surface area contributed by atoms with Crippen molar-refractivity contribution in [3.63, 3.8) is 0 Å². The van der Waals surface area contributed by atoms with Crippen molar-refractivity contribution in [1.82, 2.24) is 14.8 Å². The van der Waals surface area contributed by atoms with Gasteiger partial charge in [0.15, 0.2) is 0 Å². The molecule has 0 saturated heterocycles. The number of hydrogen-bond acceptors (Lipinski definition) is 4. The largest absolute Gasteiger partial charge is 0.382 e. The summed E-state index contributed by atoms with van der Waals surface area (Å²) in [6.45, 7) is 2.66. The highest BCUT2D eigenvalue weighted by Gasteiger charge is 2.15. The van der Waals surface area contributed by atoms with Gasteiger partial charge in [-0.3, -0.25) is 4.98 Å². The van der Waals surface area contributed by atoms with Crippen LogP contribution in [0.5, 0.6) is 0 Å². The third kappa shape index (κ3) is 4.60. The maximum Gasteiger partial charge on any atom is 0.121 e. The smallest absolute Gasteiger partial charge is 0.121 e. The van der Waals surface area contributed by atoms with Gasteiger partial charge in [0.05, 0.1) is 17.1 Å². The molecule has 0 amide bonds. The third-order valence-electron chi connectivity index (χ3n) is 5.87. The van der Waals surface area contributed by atoms with E-state index in [1.54, 1.807) is 6.20 Å². The van der Waals surface area contributed by atoms with Gasteiger partial charge in [-0.15, -0.1) is 0 Å². The van der Waals surface area contributed by atoms with Gasteiger partial charge in [0.1, 0.15) is 6.10 Å². The maximum absolute atomic E-state index is 10.8. The average Bonchev–Trinajstić information content (AvgIpc) is 3.34. The molecule has 2 heterocycles. The summed E-state index contributed by atoms with van der Waals surface area (Å²) in [4.78, 5) is 4.30. The zero-order chi connectivity index (χ0) is 23.3. The van der Waals surface area contributed by atoms with E-state index in [9.17, 15) is 5.11 Å². The van der Waals surface area contributed by atoms with E-state index in [-0.39, 0.29) is 0 Å². The van der Waals surface area contributed by atoms with E-state index in [1.165, 1.54) is 0 Å². The Morgan fingerprint density at radius 2 is 1.62 bits per heavy atom. The van der Waals surface area contributed by atoms with Crippen LogP contribution in [0, 0.1) is 6.92 Å². The molecule has 0 unspecified atom stereocenters. The Morgan fingerprint density at radius 1 is 0.882 bits per heavy atom. The molecule has 0 aliphatic heterocycles. The fraction of sp³-hybridized carbons (Fsp3) is 0.103. The lowest BCUT2D eigenvalue weighted by atomic mass is 10.0. The molecule has 5 nitrogen and oxygen atoms in total. The summed E-state index contributed by atoms with van der Waals surface area (Å²) in [6, 6.07) is 31.9. The van der Waals surface area contributed by atoms with Crippen molar-refractivity contribution in [3.8, 4) is 16.9 Å². The zero-order valence-electron chi connectivity index (χ0n) is 19.0. The summed E-state index contributed by atoms with van der Waals surface area (Å²) in [5.41, 5.74) is 7.63. The second-order valence-corrected chi connectivity index (χ2v) is 8.23. The summed E-state index contributed by atoms with van der Waals surface area (Å²) in [5, 5.41) is 19.3. The molecule has 168 valence electrons. The molecule has 2 aromatic heterocycles. The Kier molecular flexibility index (Phi) is 6.19. The first-order chi connectivity index (χ1) is 16.7. The molecule has 0 saturated carbocycles. The van der Waals surface area contributed by atoms with Crippen molar-refractivity contribution >= 4 is 5.69 Å². The first-order valence-electron chi connectivity index (χ1n) is 11.3. The molecular formula is C29H26N4O. The van der Waals surface area contributed by atoms with Crippen LogP contribution in [0.25, 0.3) is 16.9 Å². The number of aromatic nitrogens is 3. The monoisotopic (exact) mass is 446 g/mol. The van der Waals surface area contributed by atoms with Crippen LogP contribution >= 0.6 is 0 Å². The second-order valence-electron chi connectivity index (χ2n) is 8.23. The summed E-state index contributed by atoms with van der Waals surface area (Å²) in [7, 11) is 0. The van der Waals surface area contributed by atoms with Gasteiger partial charge in [0.25, 0.3) is 0 Å². The van der Waals surface area contributed by atoms with E-state index in [2.05, 4.69) is 35.6 Å². The lowest BCUT2D eigenvalue weighted by molar-refractivity contribution is 0.215. The molecule has 0 spiro atoms. The molecule has 5 aromatic rings. The van der Waals surface area contributed by atoms with Gasteiger partial charge in [0.2, 0.25) is 0 Å². The number of aliphatic hydroxyl groups excluding tert-OH is 1. The van der Waals surface area contributed by atoms with Gasteiger partial charge in [-0.2, -0.15) is 5.10 Å². The molecular weight excluding hydrogens is 420 g/mol. The van der Waals surface area contributed by atoms with Gasteiger partial charge in [0, 0.05) is 35.8 Å². The van der Waals surface area contributed by atoms with Gasteiger partial charge in [-0.05, 0) is 48.4 Å². The Bertz CT molecular complexity index is 1370. The van der Waals surface area contributed by atoms with Crippen molar-refractivity contribution in [2.75, 3.05) is 5.32 Å². The zero-order valence-corrected chi connectivity index (χ0v) is 19.0. The molecule has 0 fully saturated rings. The highest BCUT2D eigenvalue weighted by Crippen LogP contribution is 2.28. The fourth-order valence-electron chi connectivity index (χ4n) is 3.99. The van der Waals surface area contributed by atoms with E-state index < -0.39 is 6.10 Å². The number of pyridine rings is 1. The number of para-hydroxylation sites is 1. The van der Waals surface area contributed by atoms with Crippen molar-refractivity contribution in [2.24, 2.45) is 0 Å². The molecule has 2 N–H and O–H groups in total. The molecule has 0 aliphatic rings. The number of aliphatic hydroxyl groups is 1. The maximum atomic E-state index is 10.8. The summed E-state index contributed by atoms with van der Waals surface area (Å²) in [5.74, 6) is 0. The summed E-state index contributed by atoms with van der Waals surface area (Å²) >= 11 is 0. The number of rotatable bonds is 7. The first-order valence-corrected chi connectivity index (χ1v) is 11.3. The van der Waals surface area contributed by atoms with Crippen molar-refractivity contribution in [2.45, 2.75) is 19.6 Å². The number of nitrogens with one attached hydrogen (secondary N) is 1. The normalized spacial score (nSPS) is 11.8. The van der Waals surface area contributed by atoms with Crippen LogP contribution < -0.4 is 5.32 Å². The van der Waals surface area contributed by atoms with Crippen LogP contribution in [0.15, 0.2) is 109 Å². The fourth-order valence-corrected chi connectivity index (χ4v) is 3.99. The van der Waals surface area contributed by atoms with Crippen LogP contribution in [0.1, 0.15) is 28.5 Å². The van der Waals surface area contributed by atoms with Gasteiger partial charge in [-0.25, -0.2) is 4.68 Å². The van der Waals surface area contributed by atoms with Gasteiger partial charge in [-0.1, -0.05) is 66.7 Å². The minimum absolute atomic E-state index is 0.598. The average molecular weight is 447 g/mol. The summed E-state index contributed by atoms with van der Waals surface area (Å²) in [6.07, 6.45) is 3.00. The van der Waals surface area contributed by atoms with Crippen LogP contribution in [0.2, 0.25) is 0 Å². The highest BCUT2D eigenvalue weighted by atomic mass is 16.3. The standard InChI is InChI=1S/C29H26N4O/c1-21-15-16-23(29(34)26-14-8-9-17-30-26)18-27(21)31-19-24-20-33(25-12-6-3-7-13-25)32-28(24)22-10-4-2-5-11-22/h2-18,20,29,31,34H,19H2,1H3/t29-/m0/s1. The molecule has 0 radical (unpaired) electrons. The van der Waals surface area contributed by atoms with E-state index in [0.717, 1.165) is 39.3 Å². The molecule has 5 heteroatoms. The number of anilines is 1. The SMILES string of the molecule is Cc1ccc([C@H](O)c2ccccn2)cc1NCc1cn(-c2ccccc2)nc1-c1ccccc1. The molecule has 1 atom stereocenters. The van der Waals surface area contributed by atoms with Crippen LogP contribution in [-0.4, -0.2) is 19.9 Å². The molecule has 0 bridgehead atoms. The van der Waals surface area contributed by atoms with Crippen LogP contribution in [0.4, 0.5) is 5.69 Å². The molecule has 34 heavy (non-hydrogen) atoms. The minimum atomic E-state index is -0.775. The number of benzene rings is 3. The van der Waals surface area contributed by atoms with Crippen molar-refractivity contribution in [3.05, 3.63) is 132 Å². The van der Waals surface area contributed by atoms with E-state index in [0.29, 0.717) is 12.2 Å². The van der Waals surface area contributed by atoms with E-state index in [1.807, 2.05) is 89.6 Å². The molecule has 3 aromatic carbocycles. The lowest BCUT2D eigenvalue weighted by Gasteiger charge is -2.15. The van der Waals surface area contributed by atoms with Crippen molar-refractivity contribution < 1.29 is 5.11 Å². The third-order valence-corrected chi connectivity index (χ3v) is 5.87. The predicted octanol–water partition coefficient (Wildman–Crippen LogP) is 5.94. The van der Waals surface area contributed by atoms with Crippen molar-refractivity contribution in [1.29, 1.82) is 0 Å². The van der Waals surface area contributed by atoms with Gasteiger partial charge >= 0.3 is 0 Å². The quantitative estimate of drug-likeness (QED) is 0.325. The highest BCUT2D eigenvalue weighted by molar-refractivity contribution is 5.64.